The highest BCUT2D eigenvalue weighted by Gasteiger charge is 2.15. The molecule has 0 bridgehead atoms. The average molecular weight is 353 g/mol. The second kappa shape index (κ2) is 6.44. The number of para-hydroxylation sites is 2. The fourth-order valence-corrected chi connectivity index (χ4v) is 3.56. The number of aryl methyl sites for hydroxylation is 1. The first kappa shape index (κ1) is 15.5. The number of benzene rings is 1. The van der Waals surface area contributed by atoms with Crippen molar-refractivity contribution in [2.45, 2.75) is 13.5 Å². The van der Waals surface area contributed by atoms with Crippen molar-refractivity contribution < 1.29 is 4.79 Å². The van der Waals surface area contributed by atoms with Gasteiger partial charge >= 0.3 is 0 Å². The van der Waals surface area contributed by atoms with Crippen LogP contribution < -0.4 is 5.32 Å². The SMILES string of the molecule is Cc1nc2ccccc2n1CCNC(=O)c1sccc1-n1cnnn1. The molecule has 3 aromatic heterocycles. The largest absolute Gasteiger partial charge is 0.349 e. The highest BCUT2D eigenvalue weighted by Crippen LogP contribution is 2.20. The van der Waals surface area contributed by atoms with Gasteiger partial charge in [0, 0.05) is 13.1 Å². The summed E-state index contributed by atoms with van der Waals surface area (Å²) in [5.41, 5.74) is 2.71. The summed E-state index contributed by atoms with van der Waals surface area (Å²) in [6.07, 6.45) is 1.47. The Morgan fingerprint density at radius 1 is 1.28 bits per heavy atom. The van der Waals surface area contributed by atoms with Crippen LogP contribution in [-0.2, 0) is 6.54 Å². The first-order valence-electron chi connectivity index (χ1n) is 7.75. The van der Waals surface area contributed by atoms with Crippen molar-refractivity contribution in [3.63, 3.8) is 0 Å². The van der Waals surface area contributed by atoms with Crippen LogP contribution in [0.15, 0.2) is 42.0 Å². The minimum atomic E-state index is -0.137. The van der Waals surface area contributed by atoms with Crippen LogP contribution in [0.2, 0.25) is 0 Å². The smallest absolute Gasteiger partial charge is 0.263 e. The summed E-state index contributed by atoms with van der Waals surface area (Å²) in [6, 6.07) is 9.80. The number of nitrogens with one attached hydrogen (secondary N) is 1. The van der Waals surface area contributed by atoms with Crippen molar-refractivity contribution in [3.05, 3.63) is 52.7 Å². The minimum absolute atomic E-state index is 0.137. The molecule has 0 unspecified atom stereocenters. The van der Waals surface area contributed by atoms with Crippen LogP contribution in [0.4, 0.5) is 0 Å². The number of tetrazole rings is 1. The highest BCUT2D eigenvalue weighted by molar-refractivity contribution is 7.12. The van der Waals surface area contributed by atoms with E-state index < -0.39 is 0 Å². The summed E-state index contributed by atoms with van der Waals surface area (Å²) in [5, 5.41) is 15.9. The normalized spacial score (nSPS) is 11.1. The number of hydrogen-bond donors (Lipinski definition) is 1. The Morgan fingerprint density at radius 3 is 3.00 bits per heavy atom. The van der Waals surface area contributed by atoms with E-state index in [0.717, 1.165) is 16.9 Å². The standard InChI is InChI=1S/C16H15N7OS/c1-11-19-12-4-2-3-5-13(12)22(11)8-7-17-16(24)15-14(6-9-25-15)23-10-18-20-21-23/h2-6,9-10H,7-8H2,1H3,(H,17,24). The summed E-state index contributed by atoms with van der Waals surface area (Å²) in [4.78, 5) is 17.6. The summed E-state index contributed by atoms with van der Waals surface area (Å²) in [6.45, 7) is 3.13. The van der Waals surface area contributed by atoms with Gasteiger partial charge in [-0.15, -0.1) is 16.4 Å². The lowest BCUT2D eigenvalue weighted by Gasteiger charge is -2.09. The molecule has 0 aliphatic heterocycles. The van der Waals surface area contributed by atoms with E-state index in [4.69, 9.17) is 0 Å². The molecule has 1 N–H and O–H groups in total. The monoisotopic (exact) mass is 353 g/mol. The van der Waals surface area contributed by atoms with Gasteiger partial charge in [0.1, 0.15) is 17.0 Å². The predicted molar refractivity (Wildman–Crippen MR) is 93.8 cm³/mol. The molecule has 8 nitrogen and oxygen atoms in total. The number of amides is 1. The topological polar surface area (TPSA) is 90.5 Å². The molecule has 3 heterocycles. The van der Waals surface area contributed by atoms with Crippen molar-refractivity contribution in [1.82, 2.24) is 35.1 Å². The van der Waals surface area contributed by atoms with Crippen LogP contribution in [0.3, 0.4) is 0 Å². The van der Waals surface area contributed by atoms with Crippen LogP contribution in [0.1, 0.15) is 15.5 Å². The minimum Gasteiger partial charge on any atom is -0.349 e. The van der Waals surface area contributed by atoms with Gasteiger partial charge < -0.3 is 9.88 Å². The third-order valence-corrected chi connectivity index (χ3v) is 4.82. The van der Waals surface area contributed by atoms with Gasteiger partial charge in [-0.05, 0) is 40.9 Å². The summed E-state index contributed by atoms with van der Waals surface area (Å²) in [7, 11) is 0. The van der Waals surface area contributed by atoms with Gasteiger partial charge in [-0.25, -0.2) is 4.98 Å². The fraction of sp³-hybridized carbons (Fsp3) is 0.188. The van der Waals surface area contributed by atoms with Crippen LogP contribution in [0, 0.1) is 6.92 Å². The Labute approximate surface area is 147 Å². The number of thiophene rings is 1. The number of carbonyl (C=O) groups is 1. The molecule has 4 rings (SSSR count). The van der Waals surface area contributed by atoms with Gasteiger partial charge in [-0.3, -0.25) is 4.79 Å². The van der Waals surface area contributed by atoms with Crippen LogP contribution in [0.5, 0.6) is 0 Å². The van der Waals surface area contributed by atoms with Crippen LogP contribution in [-0.4, -0.2) is 42.2 Å². The maximum atomic E-state index is 12.5. The lowest BCUT2D eigenvalue weighted by Crippen LogP contribution is -2.27. The number of aromatic nitrogens is 6. The molecule has 4 aromatic rings. The van der Waals surface area contributed by atoms with Crippen LogP contribution in [0.25, 0.3) is 16.7 Å². The molecule has 1 amide bonds. The fourth-order valence-electron chi connectivity index (χ4n) is 2.76. The van der Waals surface area contributed by atoms with E-state index >= 15 is 0 Å². The zero-order valence-electron chi connectivity index (χ0n) is 13.5. The molecular weight excluding hydrogens is 338 g/mol. The molecule has 0 saturated carbocycles. The van der Waals surface area contributed by atoms with Crippen LogP contribution >= 0.6 is 11.3 Å². The lowest BCUT2D eigenvalue weighted by molar-refractivity contribution is 0.0956. The number of nitrogens with zero attached hydrogens (tertiary/aromatic N) is 6. The number of rotatable bonds is 5. The Hall–Kier alpha value is -3.07. The Bertz CT molecular complexity index is 1020. The van der Waals surface area contributed by atoms with Crippen molar-refractivity contribution >= 4 is 28.3 Å². The lowest BCUT2D eigenvalue weighted by atomic mass is 10.3. The van der Waals surface area contributed by atoms with Gasteiger partial charge in [-0.2, -0.15) is 4.68 Å². The Kier molecular flexibility index (Phi) is 3.98. The second-order valence-electron chi connectivity index (χ2n) is 5.44. The van der Waals surface area contributed by atoms with E-state index in [9.17, 15) is 4.79 Å². The second-order valence-corrected chi connectivity index (χ2v) is 6.36. The summed E-state index contributed by atoms with van der Waals surface area (Å²) < 4.78 is 3.59. The molecule has 0 radical (unpaired) electrons. The molecular formula is C16H15N7OS. The van der Waals surface area contributed by atoms with E-state index in [1.165, 1.54) is 22.3 Å². The van der Waals surface area contributed by atoms with E-state index in [2.05, 4.69) is 30.4 Å². The number of imidazole rings is 1. The molecule has 25 heavy (non-hydrogen) atoms. The number of carbonyl (C=O) groups excluding carboxylic acids is 1. The first-order chi connectivity index (χ1) is 12.2. The third kappa shape index (κ3) is 2.89. The molecule has 0 atom stereocenters. The molecule has 0 spiro atoms. The van der Waals surface area contributed by atoms with Gasteiger partial charge in [-0.1, -0.05) is 12.1 Å². The molecule has 1 aromatic carbocycles. The van der Waals surface area contributed by atoms with Crippen molar-refractivity contribution in [3.8, 4) is 5.69 Å². The molecule has 9 heteroatoms. The van der Waals surface area contributed by atoms with Gasteiger partial charge in [0.25, 0.3) is 5.91 Å². The summed E-state index contributed by atoms with van der Waals surface area (Å²) in [5.74, 6) is 0.795. The molecule has 0 fully saturated rings. The molecule has 0 aliphatic rings. The van der Waals surface area contributed by atoms with Crippen molar-refractivity contribution in [1.29, 1.82) is 0 Å². The van der Waals surface area contributed by atoms with E-state index in [1.54, 1.807) is 0 Å². The Morgan fingerprint density at radius 2 is 2.16 bits per heavy atom. The van der Waals surface area contributed by atoms with E-state index in [0.29, 0.717) is 23.7 Å². The predicted octanol–water partition coefficient (Wildman–Crippen LogP) is 1.81. The third-order valence-electron chi connectivity index (χ3n) is 3.91. The van der Waals surface area contributed by atoms with Gasteiger partial charge in [0.05, 0.1) is 16.7 Å². The molecule has 126 valence electrons. The van der Waals surface area contributed by atoms with E-state index in [-0.39, 0.29) is 5.91 Å². The average Bonchev–Trinajstić information content (AvgIpc) is 3.34. The molecule has 0 aliphatic carbocycles. The number of fused-ring (bicyclic) bond motifs is 1. The van der Waals surface area contributed by atoms with Crippen molar-refractivity contribution in [2.24, 2.45) is 0 Å². The molecule has 0 saturated heterocycles. The Balaban J connectivity index is 1.46. The van der Waals surface area contributed by atoms with Gasteiger partial charge in [0.2, 0.25) is 0 Å². The maximum absolute atomic E-state index is 12.5. The number of hydrogen-bond acceptors (Lipinski definition) is 6. The first-order valence-corrected chi connectivity index (χ1v) is 8.63. The quantitative estimate of drug-likeness (QED) is 0.591. The maximum Gasteiger partial charge on any atom is 0.263 e. The van der Waals surface area contributed by atoms with Crippen molar-refractivity contribution in [2.75, 3.05) is 6.54 Å². The van der Waals surface area contributed by atoms with Gasteiger partial charge in [0.15, 0.2) is 0 Å². The van der Waals surface area contributed by atoms with E-state index in [1.807, 2.05) is 42.6 Å². The summed E-state index contributed by atoms with van der Waals surface area (Å²) >= 11 is 1.36. The highest BCUT2D eigenvalue weighted by atomic mass is 32.1. The zero-order chi connectivity index (χ0) is 17.2. The zero-order valence-corrected chi connectivity index (χ0v) is 14.3.